The van der Waals surface area contributed by atoms with Gasteiger partial charge in [-0.05, 0) is 53.3 Å². The monoisotopic (exact) mass is 466 g/mol. The number of amides is 2. The van der Waals surface area contributed by atoms with Crippen molar-refractivity contribution in [3.8, 4) is 0 Å². The van der Waals surface area contributed by atoms with Crippen LogP contribution in [0.25, 0.3) is 16.8 Å². The zero-order valence-corrected chi connectivity index (χ0v) is 19.3. The summed E-state index contributed by atoms with van der Waals surface area (Å²) >= 11 is 8.35. The van der Waals surface area contributed by atoms with Gasteiger partial charge in [0.25, 0.3) is 5.91 Å². The fraction of sp³-hybridized carbons (Fsp3) is 0.208. The van der Waals surface area contributed by atoms with Gasteiger partial charge in [0.05, 0.1) is 4.91 Å². The number of anilines is 1. The highest BCUT2D eigenvalue weighted by molar-refractivity contribution is 8.26. The van der Waals surface area contributed by atoms with Crippen molar-refractivity contribution in [2.45, 2.75) is 25.7 Å². The molecule has 0 aliphatic carbocycles. The van der Waals surface area contributed by atoms with E-state index in [0.717, 1.165) is 40.6 Å². The lowest BCUT2D eigenvalue weighted by molar-refractivity contribution is -0.122. The fourth-order valence-electron chi connectivity index (χ4n) is 3.42. The average Bonchev–Trinajstić information content (AvgIpc) is 3.37. The Morgan fingerprint density at radius 1 is 1.03 bits per heavy atom. The Morgan fingerprint density at radius 3 is 2.68 bits per heavy atom. The van der Waals surface area contributed by atoms with Crippen molar-refractivity contribution in [3.05, 3.63) is 69.8 Å². The summed E-state index contributed by atoms with van der Waals surface area (Å²) in [6.45, 7) is 0.596. The van der Waals surface area contributed by atoms with Crippen molar-refractivity contribution >= 4 is 74.0 Å². The first-order valence-corrected chi connectivity index (χ1v) is 12.3. The Bertz CT molecular complexity index is 1140. The molecule has 0 atom stereocenters. The molecule has 4 nitrogen and oxygen atoms in total. The zero-order valence-electron chi connectivity index (χ0n) is 16.9. The number of benzene rings is 2. The summed E-state index contributed by atoms with van der Waals surface area (Å²) in [5.74, 6) is -0.00257. The van der Waals surface area contributed by atoms with Crippen LogP contribution in [0.5, 0.6) is 0 Å². The Balaban J connectivity index is 1.19. The second kappa shape index (κ2) is 10.2. The fourth-order valence-corrected chi connectivity index (χ4v) is 5.45. The molecule has 2 aromatic carbocycles. The van der Waals surface area contributed by atoms with Crippen LogP contribution < -0.4 is 5.32 Å². The van der Waals surface area contributed by atoms with E-state index in [1.165, 1.54) is 11.8 Å². The SMILES string of the molecule is O=C(CCCCCN1C(=O)/C(=C\c2cccs2)SC1=S)Nc1ccc2ccccc2c1. The zero-order chi connectivity index (χ0) is 21.6. The minimum atomic E-state index is -0.0163. The van der Waals surface area contributed by atoms with E-state index in [-0.39, 0.29) is 11.8 Å². The molecule has 0 saturated carbocycles. The second-order valence-electron chi connectivity index (χ2n) is 7.27. The van der Waals surface area contributed by atoms with Crippen LogP contribution in [0.2, 0.25) is 0 Å². The molecule has 0 unspecified atom stereocenters. The van der Waals surface area contributed by atoms with Gasteiger partial charge in [0, 0.05) is 23.5 Å². The van der Waals surface area contributed by atoms with Crippen LogP contribution in [-0.2, 0) is 9.59 Å². The molecule has 0 radical (unpaired) electrons. The van der Waals surface area contributed by atoms with E-state index in [2.05, 4.69) is 11.4 Å². The molecule has 1 saturated heterocycles. The molecule has 3 aromatic rings. The summed E-state index contributed by atoms with van der Waals surface area (Å²) in [7, 11) is 0. The molecule has 2 heterocycles. The summed E-state index contributed by atoms with van der Waals surface area (Å²) in [4.78, 5) is 28.3. The molecule has 7 heteroatoms. The molecule has 2 amide bonds. The van der Waals surface area contributed by atoms with Crippen LogP contribution >= 0.6 is 35.3 Å². The maximum absolute atomic E-state index is 12.6. The van der Waals surface area contributed by atoms with Crippen molar-refractivity contribution in [2.24, 2.45) is 0 Å². The first-order valence-electron chi connectivity index (χ1n) is 10.2. The number of thioether (sulfide) groups is 1. The lowest BCUT2D eigenvalue weighted by Gasteiger charge is -2.14. The molecule has 158 valence electrons. The number of thiocarbonyl (C=S) groups is 1. The number of hydrogen-bond acceptors (Lipinski definition) is 5. The molecule has 0 spiro atoms. The quantitative estimate of drug-likeness (QED) is 0.240. The molecule has 0 bridgehead atoms. The van der Waals surface area contributed by atoms with Crippen LogP contribution in [0.1, 0.15) is 30.6 Å². The van der Waals surface area contributed by atoms with Crippen molar-refractivity contribution in [1.82, 2.24) is 4.90 Å². The molecule has 1 fully saturated rings. The van der Waals surface area contributed by atoms with Gasteiger partial charge in [0.1, 0.15) is 4.32 Å². The first kappa shape index (κ1) is 21.7. The number of carbonyl (C=O) groups excluding carboxylic acids is 2. The standard InChI is InChI=1S/C24H22N2O2S3/c27-22(25-19-12-11-17-7-3-4-8-18(17)15-19)10-2-1-5-13-26-23(28)21(31-24(26)29)16-20-9-6-14-30-20/h3-4,6-9,11-12,14-16H,1-2,5,10,13H2,(H,25,27)/b21-16+. The van der Waals surface area contributed by atoms with Crippen LogP contribution in [0.15, 0.2) is 64.9 Å². The number of carbonyl (C=O) groups is 2. The van der Waals surface area contributed by atoms with Gasteiger partial charge < -0.3 is 5.32 Å². The summed E-state index contributed by atoms with van der Waals surface area (Å²) < 4.78 is 0.613. The normalized spacial score (nSPS) is 15.2. The molecular formula is C24H22N2O2S3. The summed E-state index contributed by atoms with van der Waals surface area (Å²) in [6.07, 6.45) is 4.83. The van der Waals surface area contributed by atoms with Gasteiger partial charge in [-0.3, -0.25) is 14.5 Å². The van der Waals surface area contributed by atoms with Crippen LogP contribution in [0, 0.1) is 0 Å². The predicted octanol–water partition coefficient (Wildman–Crippen LogP) is 6.30. The molecule has 1 aromatic heterocycles. The highest BCUT2D eigenvalue weighted by atomic mass is 32.2. The summed E-state index contributed by atoms with van der Waals surface area (Å²) in [5.41, 5.74) is 0.818. The third-order valence-electron chi connectivity index (χ3n) is 5.01. The number of fused-ring (bicyclic) bond motifs is 1. The van der Waals surface area contributed by atoms with Gasteiger partial charge in [-0.15, -0.1) is 11.3 Å². The number of nitrogens with zero attached hydrogens (tertiary/aromatic N) is 1. The molecule has 1 aliphatic rings. The number of nitrogens with one attached hydrogen (secondary N) is 1. The van der Waals surface area contributed by atoms with Gasteiger partial charge in [-0.2, -0.15) is 0 Å². The maximum atomic E-state index is 12.6. The van der Waals surface area contributed by atoms with Gasteiger partial charge in [0.2, 0.25) is 5.91 Å². The lowest BCUT2D eigenvalue weighted by Crippen LogP contribution is -2.29. The van der Waals surface area contributed by atoms with E-state index in [9.17, 15) is 9.59 Å². The highest BCUT2D eigenvalue weighted by Gasteiger charge is 2.31. The Kier molecular flexibility index (Phi) is 7.17. The van der Waals surface area contributed by atoms with Gasteiger partial charge in [0.15, 0.2) is 0 Å². The number of hydrogen-bond donors (Lipinski definition) is 1. The second-order valence-corrected chi connectivity index (χ2v) is 9.92. The van der Waals surface area contributed by atoms with E-state index >= 15 is 0 Å². The number of rotatable bonds is 8. The third kappa shape index (κ3) is 5.61. The number of thiophene rings is 1. The largest absolute Gasteiger partial charge is 0.326 e. The third-order valence-corrected chi connectivity index (χ3v) is 7.21. The minimum Gasteiger partial charge on any atom is -0.326 e. The van der Waals surface area contributed by atoms with Crippen molar-refractivity contribution in [1.29, 1.82) is 0 Å². The topological polar surface area (TPSA) is 49.4 Å². The molecule has 4 rings (SSSR count). The van der Waals surface area contributed by atoms with Crippen LogP contribution in [0.3, 0.4) is 0 Å². The molecule has 1 aliphatic heterocycles. The number of unbranched alkanes of at least 4 members (excludes halogenated alkanes) is 2. The lowest BCUT2D eigenvalue weighted by atomic mass is 10.1. The van der Waals surface area contributed by atoms with E-state index in [0.29, 0.717) is 22.2 Å². The van der Waals surface area contributed by atoms with Gasteiger partial charge in [-0.25, -0.2) is 0 Å². The molecule has 1 N–H and O–H groups in total. The summed E-state index contributed by atoms with van der Waals surface area (Å²) in [6, 6.07) is 18.0. The maximum Gasteiger partial charge on any atom is 0.266 e. The van der Waals surface area contributed by atoms with Crippen molar-refractivity contribution in [3.63, 3.8) is 0 Å². The Morgan fingerprint density at radius 2 is 1.87 bits per heavy atom. The predicted molar refractivity (Wildman–Crippen MR) is 135 cm³/mol. The van der Waals surface area contributed by atoms with Gasteiger partial charge >= 0.3 is 0 Å². The van der Waals surface area contributed by atoms with E-state index in [4.69, 9.17) is 12.2 Å². The van der Waals surface area contributed by atoms with Crippen molar-refractivity contribution in [2.75, 3.05) is 11.9 Å². The van der Waals surface area contributed by atoms with Crippen molar-refractivity contribution < 1.29 is 9.59 Å². The Hall–Kier alpha value is -2.48. The van der Waals surface area contributed by atoms with Gasteiger partial charge in [-0.1, -0.05) is 66.8 Å². The first-order chi connectivity index (χ1) is 15.1. The van der Waals surface area contributed by atoms with E-state index in [1.807, 2.05) is 60.0 Å². The van der Waals surface area contributed by atoms with Crippen LogP contribution in [-0.4, -0.2) is 27.6 Å². The Labute approximate surface area is 195 Å². The minimum absolute atomic E-state index is 0.0137. The highest BCUT2D eigenvalue weighted by Crippen LogP contribution is 2.33. The van der Waals surface area contributed by atoms with E-state index in [1.54, 1.807) is 16.2 Å². The molecule has 31 heavy (non-hydrogen) atoms. The average molecular weight is 467 g/mol. The van der Waals surface area contributed by atoms with E-state index < -0.39 is 0 Å². The van der Waals surface area contributed by atoms with Crippen LogP contribution in [0.4, 0.5) is 5.69 Å². The summed E-state index contributed by atoms with van der Waals surface area (Å²) in [5, 5.41) is 7.22. The molecular weight excluding hydrogens is 444 g/mol. The smallest absolute Gasteiger partial charge is 0.266 e.